The number of hydrogen-bond donors (Lipinski definition) is 1. The Balaban J connectivity index is 2.14. The predicted molar refractivity (Wildman–Crippen MR) is 64.3 cm³/mol. The molecule has 0 fully saturated rings. The van der Waals surface area contributed by atoms with E-state index in [0.717, 1.165) is 6.61 Å². The topological polar surface area (TPSA) is 35.2 Å². The Labute approximate surface area is 96.8 Å². The fourth-order valence-corrected chi connectivity index (χ4v) is 3.01. The van der Waals surface area contributed by atoms with Crippen LogP contribution < -0.4 is 5.73 Å². The SMILES string of the molecule is C[C@H]1OCc2ccc3c(c2C1N)CCCC3. The van der Waals surface area contributed by atoms with Crippen LogP contribution in [0.15, 0.2) is 12.1 Å². The van der Waals surface area contributed by atoms with Gasteiger partial charge in [0.05, 0.1) is 18.8 Å². The molecule has 0 spiro atoms. The maximum absolute atomic E-state index is 6.29. The molecule has 2 atom stereocenters. The van der Waals surface area contributed by atoms with E-state index < -0.39 is 0 Å². The summed E-state index contributed by atoms with van der Waals surface area (Å²) < 4.78 is 5.68. The highest BCUT2D eigenvalue weighted by atomic mass is 16.5. The van der Waals surface area contributed by atoms with E-state index in [1.54, 1.807) is 0 Å². The van der Waals surface area contributed by atoms with Gasteiger partial charge in [0, 0.05) is 0 Å². The van der Waals surface area contributed by atoms with Gasteiger partial charge in [-0.3, -0.25) is 0 Å². The molecule has 1 unspecified atom stereocenters. The first kappa shape index (κ1) is 10.3. The minimum Gasteiger partial charge on any atom is -0.372 e. The number of ether oxygens (including phenoxy) is 1. The Hall–Kier alpha value is -0.860. The molecule has 2 nitrogen and oxygen atoms in total. The molecule has 1 aromatic rings. The van der Waals surface area contributed by atoms with Crippen LogP contribution in [-0.2, 0) is 24.2 Å². The second kappa shape index (κ2) is 3.86. The molecule has 0 amide bonds. The Morgan fingerprint density at radius 2 is 1.94 bits per heavy atom. The van der Waals surface area contributed by atoms with Gasteiger partial charge in [0.1, 0.15) is 0 Å². The summed E-state index contributed by atoms with van der Waals surface area (Å²) in [7, 11) is 0. The van der Waals surface area contributed by atoms with Gasteiger partial charge in [-0.05, 0) is 54.9 Å². The van der Waals surface area contributed by atoms with Crippen LogP contribution in [0.4, 0.5) is 0 Å². The molecule has 1 heterocycles. The van der Waals surface area contributed by atoms with Crippen molar-refractivity contribution in [1.82, 2.24) is 0 Å². The minimum absolute atomic E-state index is 0.0665. The van der Waals surface area contributed by atoms with Gasteiger partial charge in [-0.2, -0.15) is 0 Å². The first-order valence-corrected chi connectivity index (χ1v) is 6.28. The van der Waals surface area contributed by atoms with Gasteiger partial charge >= 0.3 is 0 Å². The van der Waals surface area contributed by atoms with Crippen molar-refractivity contribution in [2.45, 2.75) is 51.4 Å². The second-order valence-corrected chi connectivity index (χ2v) is 5.03. The van der Waals surface area contributed by atoms with Crippen LogP contribution in [0.25, 0.3) is 0 Å². The highest BCUT2D eigenvalue weighted by Gasteiger charge is 2.28. The number of aryl methyl sites for hydroxylation is 1. The largest absolute Gasteiger partial charge is 0.372 e. The number of fused-ring (bicyclic) bond motifs is 3. The molecule has 1 aliphatic carbocycles. The number of nitrogens with two attached hydrogens (primary N) is 1. The normalized spacial score (nSPS) is 28.4. The van der Waals surface area contributed by atoms with Gasteiger partial charge in [0.15, 0.2) is 0 Å². The molecule has 0 radical (unpaired) electrons. The van der Waals surface area contributed by atoms with E-state index in [2.05, 4.69) is 19.1 Å². The van der Waals surface area contributed by atoms with Gasteiger partial charge in [0.25, 0.3) is 0 Å². The third-order valence-electron chi connectivity index (χ3n) is 4.01. The lowest BCUT2D eigenvalue weighted by Crippen LogP contribution is -2.33. The Morgan fingerprint density at radius 3 is 2.81 bits per heavy atom. The summed E-state index contributed by atoms with van der Waals surface area (Å²) in [6, 6.07) is 4.56. The molecule has 16 heavy (non-hydrogen) atoms. The summed E-state index contributed by atoms with van der Waals surface area (Å²) in [4.78, 5) is 0. The van der Waals surface area contributed by atoms with Crippen LogP contribution >= 0.6 is 0 Å². The fourth-order valence-electron chi connectivity index (χ4n) is 3.01. The molecule has 0 bridgehead atoms. The Morgan fingerprint density at radius 1 is 1.19 bits per heavy atom. The van der Waals surface area contributed by atoms with Crippen molar-refractivity contribution in [1.29, 1.82) is 0 Å². The van der Waals surface area contributed by atoms with Crippen molar-refractivity contribution >= 4 is 0 Å². The van der Waals surface area contributed by atoms with Gasteiger partial charge < -0.3 is 10.5 Å². The molecule has 1 aromatic carbocycles. The number of hydrogen-bond acceptors (Lipinski definition) is 2. The second-order valence-electron chi connectivity index (χ2n) is 5.03. The average molecular weight is 217 g/mol. The van der Waals surface area contributed by atoms with E-state index in [4.69, 9.17) is 10.5 Å². The van der Waals surface area contributed by atoms with E-state index in [1.807, 2.05) is 0 Å². The van der Waals surface area contributed by atoms with Crippen molar-refractivity contribution in [3.63, 3.8) is 0 Å². The predicted octanol–water partition coefficient (Wildman–Crippen LogP) is 2.48. The molecule has 86 valence electrons. The van der Waals surface area contributed by atoms with E-state index >= 15 is 0 Å². The number of rotatable bonds is 0. The Bertz CT molecular complexity index is 413. The summed E-state index contributed by atoms with van der Waals surface area (Å²) >= 11 is 0. The first-order chi connectivity index (χ1) is 7.77. The lowest BCUT2D eigenvalue weighted by atomic mass is 9.81. The van der Waals surface area contributed by atoms with Gasteiger partial charge in [0.2, 0.25) is 0 Å². The lowest BCUT2D eigenvalue weighted by molar-refractivity contribution is 0.0209. The zero-order valence-electron chi connectivity index (χ0n) is 9.83. The summed E-state index contributed by atoms with van der Waals surface area (Å²) in [6.45, 7) is 2.81. The van der Waals surface area contributed by atoms with Gasteiger partial charge in [-0.15, -0.1) is 0 Å². The van der Waals surface area contributed by atoms with Crippen LogP contribution in [-0.4, -0.2) is 6.10 Å². The third-order valence-corrected chi connectivity index (χ3v) is 4.01. The summed E-state index contributed by atoms with van der Waals surface area (Å²) in [5.74, 6) is 0. The van der Waals surface area contributed by atoms with Crippen LogP contribution in [0.5, 0.6) is 0 Å². The van der Waals surface area contributed by atoms with Crippen LogP contribution in [0.1, 0.15) is 48.1 Å². The fraction of sp³-hybridized carbons (Fsp3) is 0.571. The molecular formula is C14H19NO. The first-order valence-electron chi connectivity index (χ1n) is 6.28. The van der Waals surface area contributed by atoms with E-state index in [0.29, 0.717) is 0 Å². The highest BCUT2D eigenvalue weighted by molar-refractivity contribution is 5.45. The molecule has 1 aliphatic heterocycles. The molecule has 0 saturated heterocycles. The van der Waals surface area contributed by atoms with Crippen molar-refractivity contribution < 1.29 is 4.74 Å². The van der Waals surface area contributed by atoms with Crippen molar-refractivity contribution in [3.8, 4) is 0 Å². The van der Waals surface area contributed by atoms with Crippen molar-refractivity contribution in [2.75, 3.05) is 0 Å². The zero-order chi connectivity index (χ0) is 11.1. The van der Waals surface area contributed by atoms with Crippen molar-refractivity contribution in [2.24, 2.45) is 5.73 Å². The van der Waals surface area contributed by atoms with E-state index in [9.17, 15) is 0 Å². The van der Waals surface area contributed by atoms with Crippen LogP contribution in [0.2, 0.25) is 0 Å². The van der Waals surface area contributed by atoms with Gasteiger partial charge in [-0.25, -0.2) is 0 Å². The maximum atomic E-state index is 6.29. The van der Waals surface area contributed by atoms with Crippen LogP contribution in [0, 0.1) is 0 Å². The molecule has 3 rings (SSSR count). The summed E-state index contributed by atoms with van der Waals surface area (Å²) in [6.07, 6.45) is 5.23. The molecule has 2 aliphatic rings. The average Bonchev–Trinajstić information content (AvgIpc) is 2.33. The molecule has 2 N–H and O–H groups in total. The summed E-state index contributed by atoms with van der Waals surface area (Å²) in [5.41, 5.74) is 12.1. The molecule has 2 heteroatoms. The van der Waals surface area contributed by atoms with E-state index in [1.165, 1.54) is 47.9 Å². The Kier molecular flexibility index (Phi) is 2.49. The number of benzene rings is 1. The van der Waals surface area contributed by atoms with Gasteiger partial charge in [-0.1, -0.05) is 12.1 Å². The maximum Gasteiger partial charge on any atom is 0.0744 e. The van der Waals surface area contributed by atoms with E-state index in [-0.39, 0.29) is 12.1 Å². The lowest BCUT2D eigenvalue weighted by Gasteiger charge is -2.33. The smallest absolute Gasteiger partial charge is 0.0744 e. The van der Waals surface area contributed by atoms with Crippen molar-refractivity contribution in [3.05, 3.63) is 34.4 Å². The molecule has 0 aromatic heterocycles. The molecular weight excluding hydrogens is 198 g/mol. The highest BCUT2D eigenvalue weighted by Crippen LogP contribution is 2.35. The summed E-state index contributed by atoms with van der Waals surface area (Å²) in [5, 5.41) is 0. The monoisotopic (exact) mass is 217 g/mol. The quantitative estimate of drug-likeness (QED) is 0.724. The van der Waals surface area contributed by atoms with Crippen LogP contribution in [0.3, 0.4) is 0 Å². The minimum atomic E-state index is 0.0665. The molecule has 0 saturated carbocycles. The standard InChI is InChI=1S/C14H19NO/c1-9-14(15)13-11(8-16-9)7-6-10-4-2-3-5-12(10)13/h6-7,9,14H,2-5,8,15H2,1H3/t9-,14?/m1/s1. The third kappa shape index (κ3) is 1.48. The zero-order valence-corrected chi connectivity index (χ0v) is 9.83.